The number of hydrogen-bond donors (Lipinski definition) is 2. The molecule has 0 radical (unpaired) electrons. The van der Waals surface area contributed by atoms with Crippen molar-refractivity contribution in [3.8, 4) is 11.5 Å². The van der Waals surface area contributed by atoms with Crippen LogP contribution >= 0.6 is 34.8 Å². The van der Waals surface area contributed by atoms with Gasteiger partial charge in [0.1, 0.15) is 21.5 Å². The van der Waals surface area contributed by atoms with E-state index in [0.29, 0.717) is 0 Å². The van der Waals surface area contributed by atoms with E-state index in [4.69, 9.17) is 39.9 Å². The molecule has 29 heavy (non-hydrogen) atoms. The molecular formula is C15H8Cl3F4N3O4. The second-order valence-corrected chi connectivity index (χ2v) is 6.00. The van der Waals surface area contributed by atoms with Crippen molar-refractivity contribution in [1.29, 1.82) is 0 Å². The van der Waals surface area contributed by atoms with Gasteiger partial charge in [-0.2, -0.15) is 22.7 Å². The molecule has 0 aliphatic heterocycles. The summed E-state index contributed by atoms with van der Waals surface area (Å²) in [5.74, 6) is -2.42. The number of carboxylic acids is 1. The molecule has 0 unspecified atom stereocenters. The molecule has 0 bridgehead atoms. The van der Waals surface area contributed by atoms with Gasteiger partial charge in [-0.15, -0.1) is 0 Å². The van der Waals surface area contributed by atoms with Gasteiger partial charge in [0.05, 0.1) is 11.9 Å². The largest absolute Gasteiger partial charge is 0.476 e. The molecule has 0 amide bonds. The second kappa shape index (κ2) is 9.81. The number of benzene rings is 1. The van der Waals surface area contributed by atoms with E-state index in [1.165, 1.54) is 0 Å². The fourth-order valence-corrected chi connectivity index (χ4v) is 2.58. The molecule has 0 fully saturated rings. The van der Waals surface area contributed by atoms with Crippen LogP contribution in [0.2, 0.25) is 15.2 Å². The summed E-state index contributed by atoms with van der Waals surface area (Å²) in [6.45, 7) is -6.42. The summed E-state index contributed by atoms with van der Waals surface area (Å²) in [6, 6.07) is 3.00. The van der Waals surface area contributed by atoms with Gasteiger partial charge < -0.3 is 14.6 Å². The van der Waals surface area contributed by atoms with Crippen LogP contribution in [0.3, 0.4) is 0 Å². The fourth-order valence-electron chi connectivity index (χ4n) is 1.92. The maximum Gasteiger partial charge on any atom is 0.387 e. The number of ether oxygens (including phenoxy) is 2. The zero-order valence-corrected chi connectivity index (χ0v) is 15.9. The van der Waals surface area contributed by atoms with E-state index in [-0.39, 0.29) is 21.4 Å². The monoisotopic (exact) mass is 475 g/mol. The molecule has 14 heteroatoms. The fraction of sp³-hybridized carbons (Fsp3) is 0.133. The minimum absolute atomic E-state index is 0.0646. The molecule has 0 atom stereocenters. The molecule has 0 spiro atoms. The molecule has 2 N–H and O–H groups in total. The number of nitrogens with one attached hydrogen (secondary N) is 1. The van der Waals surface area contributed by atoms with E-state index in [9.17, 15) is 22.4 Å². The Bertz CT molecular complexity index is 948. The average molecular weight is 477 g/mol. The summed E-state index contributed by atoms with van der Waals surface area (Å²) in [7, 11) is 0. The number of pyridine rings is 1. The topological polar surface area (TPSA) is 93.0 Å². The smallest absolute Gasteiger partial charge is 0.387 e. The van der Waals surface area contributed by atoms with Gasteiger partial charge in [0.15, 0.2) is 10.8 Å². The number of anilines is 1. The lowest BCUT2D eigenvalue weighted by Gasteiger charge is -2.11. The molecule has 0 aliphatic carbocycles. The standard InChI is InChI=1S/C15H8Cl3F4N3O4/c16-8-10(9(17)12(18)24-11(8)13(26)27)25-23-4-5-1-2-6(28-14(19)20)3-7(5)29-15(21)22/h1-4,14-15H,(H,24,25)(H,26,27)/b23-4-. The highest BCUT2D eigenvalue weighted by Crippen LogP contribution is 2.37. The summed E-state index contributed by atoms with van der Waals surface area (Å²) < 4.78 is 58.0. The van der Waals surface area contributed by atoms with Crippen molar-refractivity contribution >= 4 is 52.7 Å². The highest BCUT2D eigenvalue weighted by molar-refractivity contribution is 6.46. The summed E-state index contributed by atoms with van der Waals surface area (Å²) >= 11 is 17.5. The molecule has 0 saturated heterocycles. The van der Waals surface area contributed by atoms with Crippen LogP contribution in [0.1, 0.15) is 16.1 Å². The Labute approximate surface area is 174 Å². The summed E-state index contributed by atoms with van der Waals surface area (Å²) in [6.07, 6.45) is 0.964. The summed E-state index contributed by atoms with van der Waals surface area (Å²) in [4.78, 5) is 14.6. The van der Waals surface area contributed by atoms with Gasteiger partial charge in [0, 0.05) is 11.6 Å². The number of carbonyl (C=O) groups is 1. The third kappa shape index (κ3) is 5.99. The third-order valence-electron chi connectivity index (χ3n) is 3.05. The van der Waals surface area contributed by atoms with Gasteiger partial charge >= 0.3 is 19.2 Å². The van der Waals surface area contributed by atoms with E-state index in [2.05, 4.69) is 25.0 Å². The van der Waals surface area contributed by atoms with Gasteiger partial charge in [-0.05, 0) is 12.1 Å². The number of aromatic nitrogens is 1. The predicted octanol–water partition coefficient (Wildman–Crippen LogP) is 5.39. The zero-order valence-electron chi connectivity index (χ0n) is 13.7. The van der Waals surface area contributed by atoms with E-state index >= 15 is 0 Å². The number of halogens is 7. The van der Waals surface area contributed by atoms with Gasteiger partial charge in [0.25, 0.3) is 0 Å². The van der Waals surface area contributed by atoms with Crippen molar-refractivity contribution in [3.63, 3.8) is 0 Å². The molecule has 156 valence electrons. The molecular weight excluding hydrogens is 469 g/mol. The number of hydrogen-bond acceptors (Lipinski definition) is 6. The number of alkyl halides is 4. The second-order valence-electron chi connectivity index (χ2n) is 4.89. The summed E-state index contributed by atoms with van der Waals surface area (Å²) in [5.41, 5.74) is 1.44. The number of carboxylic acid groups (broad SMARTS) is 1. The van der Waals surface area contributed by atoms with Crippen LogP contribution in [0.15, 0.2) is 23.3 Å². The lowest BCUT2D eigenvalue weighted by Crippen LogP contribution is -2.07. The van der Waals surface area contributed by atoms with Crippen molar-refractivity contribution in [2.75, 3.05) is 5.43 Å². The number of hydrazone groups is 1. The van der Waals surface area contributed by atoms with Crippen molar-refractivity contribution in [2.45, 2.75) is 13.2 Å². The maximum atomic E-state index is 12.6. The van der Waals surface area contributed by atoms with Gasteiger partial charge in [-0.25, -0.2) is 9.78 Å². The van der Waals surface area contributed by atoms with E-state index in [0.717, 1.165) is 24.4 Å². The number of rotatable bonds is 8. The normalized spacial score (nSPS) is 11.3. The van der Waals surface area contributed by atoms with E-state index in [1.54, 1.807) is 0 Å². The van der Waals surface area contributed by atoms with E-state index < -0.39 is 41.4 Å². The molecule has 2 aromatic rings. The van der Waals surface area contributed by atoms with Crippen molar-refractivity contribution in [2.24, 2.45) is 5.10 Å². The SMILES string of the molecule is O=C(O)c1nc(Cl)c(Cl)c(N/N=C\c2ccc(OC(F)F)cc2OC(F)F)c1Cl. The minimum atomic E-state index is -3.25. The molecule has 1 aromatic heterocycles. The quantitative estimate of drug-likeness (QED) is 0.230. The first-order chi connectivity index (χ1) is 13.6. The highest BCUT2D eigenvalue weighted by Gasteiger charge is 2.20. The lowest BCUT2D eigenvalue weighted by atomic mass is 10.2. The van der Waals surface area contributed by atoms with Gasteiger partial charge in [-0.1, -0.05) is 34.8 Å². The molecule has 0 aliphatic rings. The Balaban J connectivity index is 2.34. The average Bonchev–Trinajstić information content (AvgIpc) is 2.61. The Hall–Kier alpha value is -2.50. The minimum Gasteiger partial charge on any atom is -0.476 e. The Morgan fingerprint density at radius 3 is 2.38 bits per heavy atom. The highest BCUT2D eigenvalue weighted by atomic mass is 35.5. The van der Waals surface area contributed by atoms with Crippen LogP contribution in [0.4, 0.5) is 23.2 Å². The van der Waals surface area contributed by atoms with Crippen LogP contribution in [0.5, 0.6) is 11.5 Å². The van der Waals surface area contributed by atoms with Crippen molar-refractivity contribution in [3.05, 3.63) is 44.7 Å². The van der Waals surface area contributed by atoms with Crippen molar-refractivity contribution in [1.82, 2.24) is 4.98 Å². The van der Waals surface area contributed by atoms with Gasteiger partial charge in [-0.3, -0.25) is 5.43 Å². The Morgan fingerprint density at radius 2 is 1.79 bits per heavy atom. The molecule has 1 aromatic carbocycles. The Kier molecular flexibility index (Phi) is 7.71. The number of nitrogens with zero attached hydrogens (tertiary/aromatic N) is 2. The molecule has 7 nitrogen and oxygen atoms in total. The predicted molar refractivity (Wildman–Crippen MR) is 97.1 cm³/mol. The first-order valence-corrected chi connectivity index (χ1v) is 8.34. The lowest BCUT2D eigenvalue weighted by molar-refractivity contribution is -0.0543. The number of aromatic carboxylic acids is 1. The Morgan fingerprint density at radius 1 is 1.14 bits per heavy atom. The van der Waals surface area contributed by atoms with Crippen LogP contribution < -0.4 is 14.9 Å². The van der Waals surface area contributed by atoms with Crippen LogP contribution in [-0.4, -0.2) is 35.5 Å². The molecule has 0 saturated carbocycles. The first-order valence-electron chi connectivity index (χ1n) is 7.20. The third-order valence-corrected chi connectivity index (χ3v) is 4.15. The van der Waals surface area contributed by atoms with Gasteiger partial charge in [0.2, 0.25) is 0 Å². The van der Waals surface area contributed by atoms with E-state index in [1.807, 2.05) is 0 Å². The van der Waals surface area contributed by atoms with Crippen LogP contribution in [-0.2, 0) is 0 Å². The summed E-state index contributed by atoms with van der Waals surface area (Å²) in [5, 5.41) is 11.7. The zero-order chi connectivity index (χ0) is 21.7. The molecule has 1 heterocycles. The first kappa shape index (κ1) is 22.8. The van der Waals surface area contributed by atoms with Crippen LogP contribution in [0.25, 0.3) is 0 Å². The molecule has 2 rings (SSSR count). The maximum absolute atomic E-state index is 12.6. The van der Waals surface area contributed by atoms with Crippen molar-refractivity contribution < 1.29 is 36.9 Å². The van der Waals surface area contributed by atoms with Crippen LogP contribution in [0, 0.1) is 0 Å².